The maximum atomic E-state index is 13.3. The Balaban J connectivity index is 1.80. The highest BCUT2D eigenvalue weighted by atomic mass is 19.1. The van der Waals surface area contributed by atoms with E-state index in [0.717, 1.165) is 23.3 Å². The summed E-state index contributed by atoms with van der Waals surface area (Å²) in [4.78, 5) is 14.8. The van der Waals surface area contributed by atoms with Crippen LogP contribution in [-0.2, 0) is 5.54 Å². The number of ether oxygens (including phenoxy) is 1. The van der Waals surface area contributed by atoms with Crippen molar-refractivity contribution in [2.24, 2.45) is 0 Å². The fourth-order valence-corrected chi connectivity index (χ4v) is 3.69. The van der Waals surface area contributed by atoms with Crippen LogP contribution in [0.4, 0.5) is 9.18 Å². The molecule has 2 aromatic rings. The number of hydrogen-bond acceptors (Lipinski definition) is 2. The van der Waals surface area contributed by atoms with Gasteiger partial charge in [0.05, 0.1) is 18.7 Å². The van der Waals surface area contributed by atoms with Crippen molar-refractivity contribution in [3.8, 4) is 5.75 Å². The first kappa shape index (κ1) is 19.0. The van der Waals surface area contributed by atoms with Crippen LogP contribution in [0.3, 0.4) is 0 Å². The van der Waals surface area contributed by atoms with Crippen molar-refractivity contribution < 1.29 is 13.9 Å². The van der Waals surface area contributed by atoms with E-state index in [1.165, 1.54) is 12.1 Å². The molecule has 27 heavy (non-hydrogen) atoms. The van der Waals surface area contributed by atoms with Crippen LogP contribution in [0.25, 0.3) is 0 Å². The molecule has 1 N–H and O–H groups in total. The lowest BCUT2D eigenvalue weighted by molar-refractivity contribution is 0.126. The van der Waals surface area contributed by atoms with Gasteiger partial charge in [0.1, 0.15) is 11.6 Å². The van der Waals surface area contributed by atoms with Crippen LogP contribution in [0.2, 0.25) is 0 Å². The van der Waals surface area contributed by atoms with Crippen molar-refractivity contribution >= 4 is 6.03 Å². The molecule has 4 nitrogen and oxygen atoms in total. The van der Waals surface area contributed by atoms with Gasteiger partial charge in [-0.15, -0.1) is 6.58 Å². The minimum atomic E-state index is -0.553. The Bertz CT molecular complexity index is 804. The fourth-order valence-electron chi connectivity index (χ4n) is 3.69. The average Bonchev–Trinajstić information content (AvgIpc) is 2.68. The Morgan fingerprint density at radius 2 is 1.93 bits per heavy atom. The van der Waals surface area contributed by atoms with Gasteiger partial charge in [0.15, 0.2) is 0 Å². The van der Waals surface area contributed by atoms with E-state index < -0.39 is 5.54 Å². The van der Waals surface area contributed by atoms with Crippen LogP contribution in [0.15, 0.2) is 61.2 Å². The van der Waals surface area contributed by atoms with E-state index in [1.807, 2.05) is 36.1 Å². The molecule has 2 atom stereocenters. The molecule has 0 aliphatic carbocycles. The molecule has 1 unspecified atom stereocenters. The molecule has 0 spiro atoms. The summed E-state index contributed by atoms with van der Waals surface area (Å²) < 4.78 is 18.5. The predicted octanol–water partition coefficient (Wildman–Crippen LogP) is 4.78. The van der Waals surface area contributed by atoms with Gasteiger partial charge in [-0.1, -0.05) is 30.3 Å². The summed E-state index contributed by atoms with van der Waals surface area (Å²) in [6.07, 6.45) is 3.11. The zero-order chi connectivity index (χ0) is 19.4. The van der Waals surface area contributed by atoms with E-state index in [9.17, 15) is 9.18 Å². The number of halogens is 1. The standard InChI is InChI=1S/C22H25FN2O2/c1-4-13-22(18-7-9-19(23)10-8-18)14-15-25(21(26)24-22)16(2)17-5-11-20(27-3)12-6-17/h4-12,16H,1,13-15H2,2-3H3,(H,24,26)/t16-,22?/m0/s1. The molecule has 1 aliphatic heterocycles. The zero-order valence-corrected chi connectivity index (χ0v) is 15.7. The molecule has 1 saturated heterocycles. The molecule has 5 heteroatoms. The molecule has 1 fully saturated rings. The van der Waals surface area contributed by atoms with E-state index in [1.54, 1.807) is 25.3 Å². The largest absolute Gasteiger partial charge is 0.497 e. The third kappa shape index (κ3) is 3.82. The van der Waals surface area contributed by atoms with Gasteiger partial charge in [-0.3, -0.25) is 0 Å². The summed E-state index contributed by atoms with van der Waals surface area (Å²) in [5.74, 6) is 0.500. The lowest BCUT2D eigenvalue weighted by Crippen LogP contribution is -2.58. The van der Waals surface area contributed by atoms with Gasteiger partial charge in [0, 0.05) is 6.54 Å². The van der Waals surface area contributed by atoms with Gasteiger partial charge in [0.25, 0.3) is 0 Å². The van der Waals surface area contributed by atoms with Gasteiger partial charge in [-0.2, -0.15) is 0 Å². The van der Waals surface area contributed by atoms with Crippen molar-refractivity contribution in [2.75, 3.05) is 13.7 Å². The van der Waals surface area contributed by atoms with E-state index in [4.69, 9.17) is 4.74 Å². The number of methoxy groups -OCH3 is 1. The van der Waals surface area contributed by atoms with Gasteiger partial charge >= 0.3 is 6.03 Å². The SMILES string of the molecule is C=CCC1(c2ccc(F)cc2)CCN([C@@H](C)c2ccc(OC)cc2)C(=O)N1. The summed E-state index contributed by atoms with van der Waals surface area (Å²) in [5, 5.41) is 3.16. The number of carbonyl (C=O) groups is 1. The lowest BCUT2D eigenvalue weighted by atomic mass is 9.81. The first-order valence-electron chi connectivity index (χ1n) is 9.09. The van der Waals surface area contributed by atoms with Crippen molar-refractivity contribution in [1.82, 2.24) is 10.2 Å². The van der Waals surface area contributed by atoms with Crippen LogP contribution in [-0.4, -0.2) is 24.6 Å². The number of urea groups is 1. The van der Waals surface area contributed by atoms with Crippen LogP contribution >= 0.6 is 0 Å². The lowest BCUT2D eigenvalue weighted by Gasteiger charge is -2.44. The van der Waals surface area contributed by atoms with Gasteiger partial charge in [-0.05, 0) is 55.2 Å². The van der Waals surface area contributed by atoms with E-state index >= 15 is 0 Å². The number of rotatable bonds is 6. The van der Waals surface area contributed by atoms with Crippen molar-refractivity contribution in [2.45, 2.75) is 31.3 Å². The third-order valence-corrected chi connectivity index (χ3v) is 5.34. The molecule has 3 rings (SSSR count). The second kappa shape index (κ2) is 7.82. The Kier molecular flexibility index (Phi) is 5.49. The number of nitrogens with zero attached hydrogens (tertiary/aromatic N) is 1. The molecule has 1 aliphatic rings. The van der Waals surface area contributed by atoms with Crippen LogP contribution < -0.4 is 10.1 Å². The molecule has 0 radical (unpaired) electrons. The quantitative estimate of drug-likeness (QED) is 0.746. The Hall–Kier alpha value is -2.82. The summed E-state index contributed by atoms with van der Waals surface area (Å²) in [5.41, 5.74) is 1.39. The van der Waals surface area contributed by atoms with Crippen LogP contribution in [0, 0.1) is 5.82 Å². The molecule has 0 bridgehead atoms. The van der Waals surface area contributed by atoms with Crippen LogP contribution in [0.5, 0.6) is 5.75 Å². The first-order valence-corrected chi connectivity index (χ1v) is 9.09. The molecule has 1 heterocycles. The second-order valence-electron chi connectivity index (χ2n) is 6.90. The van der Waals surface area contributed by atoms with E-state index in [2.05, 4.69) is 11.9 Å². The maximum absolute atomic E-state index is 13.3. The smallest absolute Gasteiger partial charge is 0.318 e. The Morgan fingerprint density at radius 3 is 2.48 bits per heavy atom. The minimum absolute atomic E-state index is 0.0640. The Morgan fingerprint density at radius 1 is 1.26 bits per heavy atom. The van der Waals surface area contributed by atoms with E-state index in [0.29, 0.717) is 13.0 Å². The van der Waals surface area contributed by atoms with Crippen LogP contribution in [0.1, 0.15) is 36.9 Å². The monoisotopic (exact) mass is 368 g/mol. The molecule has 0 aromatic heterocycles. The molecule has 0 saturated carbocycles. The topological polar surface area (TPSA) is 41.6 Å². The van der Waals surface area contributed by atoms with Crippen molar-refractivity contribution in [3.63, 3.8) is 0 Å². The minimum Gasteiger partial charge on any atom is -0.497 e. The number of amides is 2. The molecule has 2 amide bonds. The zero-order valence-electron chi connectivity index (χ0n) is 15.7. The molecular weight excluding hydrogens is 343 g/mol. The van der Waals surface area contributed by atoms with Crippen molar-refractivity contribution in [1.29, 1.82) is 0 Å². The average molecular weight is 368 g/mol. The predicted molar refractivity (Wildman–Crippen MR) is 104 cm³/mol. The summed E-state index contributed by atoms with van der Waals surface area (Å²) in [7, 11) is 1.63. The normalized spacial score (nSPS) is 20.7. The third-order valence-electron chi connectivity index (χ3n) is 5.34. The number of nitrogens with one attached hydrogen (secondary N) is 1. The first-order chi connectivity index (χ1) is 13.0. The summed E-state index contributed by atoms with van der Waals surface area (Å²) in [6.45, 7) is 6.45. The molecule has 142 valence electrons. The maximum Gasteiger partial charge on any atom is 0.318 e. The van der Waals surface area contributed by atoms with Gasteiger partial charge < -0.3 is 15.0 Å². The van der Waals surface area contributed by atoms with Gasteiger partial charge in [0.2, 0.25) is 0 Å². The highest BCUT2D eigenvalue weighted by Crippen LogP contribution is 2.35. The summed E-state index contributed by atoms with van der Waals surface area (Å²) in [6, 6.07) is 13.9. The second-order valence-corrected chi connectivity index (χ2v) is 6.90. The molecular formula is C22H25FN2O2. The number of hydrogen-bond donors (Lipinski definition) is 1. The summed E-state index contributed by atoms with van der Waals surface area (Å²) >= 11 is 0. The van der Waals surface area contributed by atoms with Gasteiger partial charge in [-0.25, -0.2) is 9.18 Å². The van der Waals surface area contributed by atoms with E-state index in [-0.39, 0.29) is 17.9 Å². The number of benzene rings is 2. The molecule has 2 aromatic carbocycles. The number of carbonyl (C=O) groups excluding carboxylic acids is 1. The fraction of sp³-hybridized carbons (Fsp3) is 0.318. The Labute approximate surface area is 159 Å². The highest BCUT2D eigenvalue weighted by Gasteiger charge is 2.40. The van der Waals surface area contributed by atoms with Crippen molar-refractivity contribution in [3.05, 3.63) is 78.1 Å². The highest BCUT2D eigenvalue weighted by molar-refractivity contribution is 5.77.